The minimum atomic E-state index is -0.744. The number of nitrogens with zero attached hydrogens (tertiary/aromatic N) is 2. The predicted molar refractivity (Wildman–Crippen MR) is 179 cm³/mol. The molecule has 234 valence electrons. The third-order valence-electron chi connectivity index (χ3n) is 8.82. The van der Waals surface area contributed by atoms with E-state index < -0.39 is 6.10 Å². The van der Waals surface area contributed by atoms with Crippen molar-refractivity contribution in [2.24, 2.45) is 0 Å². The monoisotopic (exact) mass is 608 g/mol. The zero-order chi connectivity index (χ0) is 32.4. The van der Waals surface area contributed by atoms with Gasteiger partial charge in [-0.05, 0) is 112 Å². The van der Waals surface area contributed by atoms with E-state index in [1.54, 1.807) is 6.92 Å². The van der Waals surface area contributed by atoms with Crippen LogP contribution in [0.1, 0.15) is 85.1 Å². The smallest absolute Gasteiger partial charge is 0.305 e. The number of esters is 1. The van der Waals surface area contributed by atoms with Crippen molar-refractivity contribution in [3.05, 3.63) is 75.9 Å². The maximum absolute atomic E-state index is 12.2. The highest BCUT2D eigenvalue weighted by atomic mass is 16.5. The second-order valence-corrected chi connectivity index (χ2v) is 11.6. The van der Waals surface area contributed by atoms with Crippen LogP contribution in [0.4, 0.5) is 0 Å². The van der Waals surface area contributed by atoms with Gasteiger partial charge < -0.3 is 24.5 Å². The number of H-pyrrole nitrogens is 2. The van der Waals surface area contributed by atoms with Crippen molar-refractivity contribution in [1.82, 2.24) is 19.9 Å². The summed E-state index contributed by atoms with van der Waals surface area (Å²) in [5.41, 5.74) is 14.2. The van der Waals surface area contributed by atoms with Gasteiger partial charge >= 0.3 is 5.97 Å². The SMILES string of the molecule is C=Cc1c(C)c2cc3[nH]c(cc4nc(cc5nc(cc1[nH]2)C(C)=C5C(C)O)C(C)=C4CCC(=O)OC)c(CCCOC=O)c3C. The number of fused-ring (bicyclic) bond motifs is 8. The molecule has 0 amide bonds. The van der Waals surface area contributed by atoms with Gasteiger partial charge in [0.15, 0.2) is 0 Å². The van der Waals surface area contributed by atoms with Crippen LogP contribution in [0, 0.1) is 13.8 Å². The molecule has 0 radical (unpaired) electrons. The number of aliphatic hydroxyl groups excluding tert-OH is 1. The topological polar surface area (TPSA) is 130 Å². The number of aromatic nitrogens is 4. The summed E-state index contributed by atoms with van der Waals surface area (Å²) < 4.78 is 9.92. The third kappa shape index (κ3) is 6.13. The zero-order valence-corrected chi connectivity index (χ0v) is 26.8. The predicted octanol–water partition coefficient (Wildman–Crippen LogP) is 6.88. The van der Waals surface area contributed by atoms with Crippen LogP contribution in [0.25, 0.3) is 50.4 Å². The van der Waals surface area contributed by atoms with E-state index in [-0.39, 0.29) is 12.4 Å². The van der Waals surface area contributed by atoms with E-state index in [2.05, 4.69) is 36.5 Å². The number of methoxy groups -OCH3 is 1. The quantitative estimate of drug-likeness (QED) is 0.130. The molecule has 2 aliphatic rings. The van der Waals surface area contributed by atoms with E-state index in [1.165, 1.54) is 7.11 Å². The first-order chi connectivity index (χ1) is 21.6. The summed E-state index contributed by atoms with van der Waals surface area (Å²) in [4.78, 5) is 40.2. The Morgan fingerprint density at radius 1 is 0.911 bits per heavy atom. The molecule has 0 aromatic carbocycles. The van der Waals surface area contributed by atoms with Gasteiger partial charge in [0, 0.05) is 39.6 Å². The molecule has 0 saturated heterocycles. The van der Waals surface area contributed by atoms with Crippen LogP contribution in [0.3, 0.4) is 0 Å². The normalized spacial score (nSPS) is 13.7. The van der Waals surface area contributed by atoms with E-state index in [0.717, 1.165) is 83.7 Å². The Hall–Kier alpha value is -4.76. The molecule has 3 N–H and O–H groups in total. The molecule has 5 rings (SSSR count). The Balaban J connectivity index is 1.89. The maximum atomic E-state index is 12.2. The molecule has 0 aliphatic carbocycles. The molecule has 9 nitrogen and oxygen atoms in total. The van der Waals surface area contributed by atoms with E-state index in [4.69, 9.17) is 19.4 Å². The second-order valence-electron chi connectivity index (χ2n) is 11.6. The van der Waals surface area contributed by atoms with Crippen LogP contribution in [0.2, 0.25) is 0 Å². The van der Waals surface area contributed by atoms with Gasteiger partial charge in [-0.3, -0.25) is 9.59 Å². The van der Waals surface area contributed by atoms with Crippen molar-refractivity contribution < 1.29 is 24.2 Å². The van der Waals surface area contributed by atoms with Gasteiger partial charge in [-0.2, -0.15) is 0 Å². The summed E-state index contributed by atoms with van der Waals surface area (Å²) in [6, 6.07) is 8.05. The number of aromatic amines is 2. The molecule has 0 fully saturated rings. The van der Waals surface area contributed by atoms with Crippen LogP contribution in [0.5, 0.6) is 0 Å². The van der Waals surface area contributed by atoms with Crippen molar-refractivity contribution in [1.29, 1.82) is 0 Å². The summed E-state index contributed by atoms with van der Waals surface area (Å²) in [7, 11) is 1.39. The largest absolute Gasteiger partial charge is 0.469 e. The number of hydrogen-bond acceptors (Lipinski definition) is 7. The van der Waals surface area contributed by atoms with Crippen molar-refractivity contribution in [2.75, 3.05) is 13.7 Å². The number of aliphatic hydroxyl groups is 1. The lowest BCUT2D eigenvalue weighted by Gasteiger charge is -2.07. The molecule has 2 aliphatic heterocycles. The third-order valence-corrected chi connectivity index (χ3v) is 8.82. The highest BCUT2D eigenvalue weighted by Gasteiger charge is 2.24. The number of nitrogens with one attached hydrogen (secondary N) is 2. The van der Waals surface area contributed by atoms with Crippen LogP contribution < -0.4 is 0 Å². The van der Waals surface area contributed by atoms with Crippen molar-refractivity contribution in [2.45, 2.75) is 66.4 Å². The minimum Gasteiger partial charge on any atom is -0.469 e. The van der Waals surface area contributed by atoms with E-state index >= 15 is 0 Å². The molecule has 0 spiro atoms. The van der Waals surface area contributed by atoms with Gasteiger partial charge in [0.25, 0.3) is 6.47 Å². The van der Waals surface area contributed by atoms with Gasteiger partial charge in [0.1, 0.15) is 0 Å². The Morgan fingerprint density at radius 2 is 1.58 bits per heavy atom. The van der Waals surface area contributed by atoms with Gasteiger partial charge in [-0.15, -0.1) is 0 Å². The number of carbonyl (C=O) groups excluding carboxylic acids is 2. The molecule has 1 unspecified atom stereocenters. The summed E-state index contributed by atoms with van der Waals surface area (Å²) in [5.74, 6) is -0.293. The average molecular weight is 609 g/mol. The Bertz CT molecular complexity index is 1920. The first-order valence-electron chi connectivity index (χ1n) is 15.2. The first-order valence-corrected chi connectivity index (χ1v) is 15.2. The fourth-order valence-electron chi connectivity index (χ4n) is 6.28. The Kier molecular flexibility index (Phi) is 9.20. The van der Waals surface area contributed by atoms with Crippen molar-refractivity contribution >= 4 is 62.9 Å². The van der Waals surface area contributed by atoms with Crippen LogP contribution in [0.15, 0.2) is 30.8 Å². The molecule has 1 atom stereocenters. The van der Waals surface area contributed by atoms with E-state index in [1.807, 2.05) is 38.1 Å². The highest BCUT2D eigenvalue weighted by Crippen LogP contribution is 2.37. The lowest BCUT2D eigenvalue weighted by Crippen LogP contribution is -2.03. The fourth-order valence-corrected chi connectivity index (χ4v) is 6.28. The van der Waals surface area contributed by atoms with Crippen molar-refractivity contribution in [3.63, 3.8) is 0 Å². The maximum Gasteiger partial charge on any atom is 0.305 e. The van der Waals surface area contributed by atoms with Gasteiger partial charge in [-0.25, -0.2) is 9.97 Å². The fraction of sp³-hybridized carbons (Fsp3) is 0.333. The average Bonchev–Trinajstić information content (AvgIpc) is 3.67. The van der Waals surface area contributed by atoms with Crippen LogP contribution in [-0.2, 0) is 25.5 Å². The number of ether oxygens (including phenoxy) is 2. The van der Waals surface area contributed by atoms with Gasteiger partial charge in [0.2, 0.25) is 0 Å². The van der Waals surface area contributed by atoms with E-state index in [9.17, 15) is 14.7 Å². The molecule has 0 saturated carbocycles. The standard InChI is InChI=1S/C36H40N4O5/c1-8-24-19(2)27-14-28-20(3)25(10-9-13-45-18-41)32(38-28)17-33-26(11-12-35(43)44-7)21(4)29(39-33)16-34-36(23(6)42)22(5)30(40-34)15-31(24)37-27/h8,14-18,23,37-38,42H,1,9-13H2,2-7H3. The first kappa shape index (κ1) is 31.7. The Labute approximate surface area is 262 Å². The molecule has 8 bridgehead atoms. The molecule has 3 aromatic rings. The van der Waals surface area contributed by atoms with Crippen molar-refractivity contribution in [3.8, 4) is 0 Å². The zero-order valence-electron chi connectivity index (χ0n) is 26.8. The number of aryl methyl sites for hydroxylation is 3. The number of allylic oxidation sites excluding steroid dienone is 3. The summed E-state index contributed by atoms with van der Waals surface area (Å²) in [6.07, 6.45) is 3.12. The number of hydrogen-bond donors (Lipinski definition) is 3. The minimum absolute atomic E-state index is 0.216. The number of rotatable bonds is 10. The molecule has 9 heteroatoms. The van der Waals surface area contributed by atoms with Gasteiger partial charge in [0.05, 0.1) is 42.6 Å². The van der Waals surface area contributed by atoms with E-state index in [0.29, 0.717) is 38.0 Å². The molecule has 45 heavy (non-hydrogen) atoms. The van der Waals surface area contributed by atoms with Crippen LogP contribution in [-0.4, -0.2) is 57.3 Å². The highest BCUT2D eigenvalue weighted by molar-refractivity contribution is 5.97. The summed E-state index contributed by atoms with van der Waals surface area (Å²) >= 11 is 0. The number of carbonyl (C=O) groups is 2. The van der Waals surface area contributed by atoms with Crippen LogP contribution >= 0.6 is 0 Å². The summed E-state index contributed by atoms with van der Waals surface area (Å²) in [6.45, 7) is 14.7. The Morgan fingerprint density at radius 3 is 2.27 bits per heavy atom. The summed E-state index contributed by atoms with van der Waals surface area (Å²) in [5, 5.41) is 10.8. The molecule has 5 heterocycles. The lowest BCUT2D eigenvalue weighted by molar-refractivity contribution is -0.140. The lowest BCUT2D eigenvalue weighted by atomic mass is 9.99. The second kappa shape index (κ2) is 13.1. The molecule has 3 aromatic heterocycles. The molecular weight excluding hydrogens is 568 g/mol. The van der Waals surface area contributed by atoms with Gasteiger partial charge in [-0.1, -0.05) is 12.7 Å². The molecular formula is C36H40N4O5.